The van der Waals surface area contributed by atoms with Crippen molar-refractivity contribution in [3.05, 3.63) is 22.7 Å². The molecule has 1 aromatic heterocycles. The summed E-state index contributed by atoms with van der Waals surface area (Å²) in [4.78, 5) is 20.2. The number of hydrogen-bond donors (Lipinski definition) is 1. The van der Waals surface area contributed by atoms with Crippen molar-refractivity contribution in [3.8, 4) is 0 Å². The van der Waals surface area contributed by atoms with Crippen LogP contribution in [0.4, 0.5) is 5.82 Å². The number of anilines is 1. The Kier molecular flexibility index (Phi) is 5.61. The van der Waals surface area contributed by atoms with Gasteiger partial charge in [-0.3, -0.25) is 4.79 Å². The van der Waals surface area contributed by atoms with E-state index in [-0.39, 0.29) is 5.56 Å². The van der Waals surface area contributed by atoms with E-state index in [9.17, 15) is 4.79 Å². The molecule has 1 heterocycles. The van der Waals surface area contributed by atoms with Crippen molar-refractivity contribution in [2.45, 2.75) is 39.5 Å². The fraction of sp³-hybridized carbons (Fsp3) is 0.667. The molecule has 0 aliphatic carbocycles. The molecule has 4 nitrogen and oxygen atoms in total. The van der Waals surface area contributed by atoms with Gasteiger partial charge < -0.3 is 9.88 Å². The quantitative estimate of drug-likeness (QED) is 0.770. The van der Waals surface area contributed by atoms with Gasteiger partial charge in [-0.25, -0.2) is 4.98 Å². The van der Waals surface area contributed by atoms with E-state index < -0.39 is 0 Å². The monoisotopic (exact) mass is 223 g/mol. The van der Waals surface area contributed by atoms with Crippen molar-refractivity contribution in [2.24, 2.45) is 0 Å². The summed E-state index contributed by atoms with van der Waals surface area (Å²) in [6.45, 7) is 6.30. The Labute approximate surface area is 96.7 Å². The van der Waals surface area contributed by atoms with Crippen LogP contribution in [0.3, 0.4) is 0 Å². The summed E-state index contributed by atoms with van der Waals surface area (Å²) >= 11 is 0. The largest absolute Gasteiger partial charge is 0.356 e. The Balaban J connectivity index is 2.70. The summed E-state index contributed by atoms with van der Waals surface area (Å²) < 4.78 is 0. The highest BCUT2D eigenvalue weighted by atomic mass is 16.1. The Morgan fingerprint density at radius 1 is 1.25 bits per heavy atom. The Morgan fingerprint density at radius 2 is 1.88 bits per heavy atom. The second-order valence-corrected chi connectivity index (χ2v) is 3.96. The first-order valence-electron chi connectivity index (χ1n) is 6.07. The maximum Gasteiger partial charge on any atom is 0.252 e. The SMILES string of the molecule is CCCCN(CCCC)c1cc(=O)[nH]cn1. The van der Waals surface area contributed by atoms with Crippen LogP contribution >= 0.6 is 0 Å². The van der Waals surface area contributed by atoms with E-state index in [1.165, 1.54) is 6.33 Å². The summed E-state index contributed by atoms with van der Waals surface area (Å²) in [6.07, 6.45) is 6.07. The molecule has 0 saturated carbocycles. The second kappa shape index (κ2) is 7.04. The number of aromatic amines is 1. The molecule has 16 heavy (non-hydrogen) atoms. The molecule has 0 spiro atoms. The molecule has 0 fully saturated rings. The van der Waals surface area contributed by atoms with E-state index in [4.69, 9.17) is 0 Å². The van der Waals surface area contributed by atoms with Crippen LogP contribution in [0.5, 0.6) is 0 Å². The molecule has 90 valence electrons. The van der Waals surface area contributed by atoms with Crippen LogP contribution < -0.4 is 10.5 Å². The number of rotatable bonds is 7. The van der Waals surface area contributed by atoms with E-state index in [0.29, 0.717) is 0 Å². The zero-order valence-corrected chi connectivity index (χ0v) is 10.2. The third-order valence-corrected chi connectivity index (χ3v) is 2.55. The lowest BCUT2D eigenvalue weighted by molar-refractivity contribution is 0.670. The van der Waals surface area contributed by atoms with Gasteiger partial charge in [0.2, 0.25) is 0 Å². The van der Waals surface area contributed by atoms with Crippen molar-refractivity contribution < 1.29 is 0 Å². The first-order valence-corrected chi connectivity index (χ1v) is 6.07. The highest BCUT2D eigenvalue weighted by Gasteiger charge is 2.06. The van der Waals surface area contributed by atoms with Crippen molar-refractivity contribution in [3.63, 3.8) is 0 Å². The number of nitrogens with one attached hydrogen (secondary N) is 1. The van der Waals surface area contributed by atoms with Gasteiger partial charge in [-0.1, -0.05) is 26.7 Å². The lowest BCUT2D eigenvalue weighted by Crippen LogP contribution is -2.27. The molecule has 0 unspecified atom stereocenters. The third kappa shape index (κ3) is 4.04. The molecule has 1 N–H and O–H groups in total. The molecule has 0 atom stereocenters. The first-order chi connectivity index (χ1) is 7.77. The van der Waals surface area contributed by atoms with Gasteiger partial charge in [0.1, 0.15) is 5.82 Å². The van der Waals surface area contributed by atoms with Gasteiger partial charge in [-0.2, -0.15) is 0 Å². The fourth-order valence-corrected chi connectivity index (χ4v) is 1.57. The minimum absolute atomic E-state index is 0.0806. The summed E-state index contributed by atoms with van der Waals surface area (Å²) in [6, 6.07) is 1.57. The van der Waals surface area contributed by atoms with E-state index in [1.54, 1.807) is 6.07 Å². The van der Waals surface area contributed by atoms with E-state index in [1.807, 2.05) is 0 Å². The van der Waals surface area contributed by atoms with Crippen LogP contribution in [0.15, 0.2) is 17.2 Å². The minimum atomic E-state index is -0.0806. The Bertz CT molecular complexity index is 340. The topological polar surface area (TPSA) is 49.0 Å². The highest BCUT2D eigenvalue weighted by molar-refractivity contribution is 5.36. The Hall–Kier alpha value is -1.32. The molecule has 0 aliphatic rings. The van der Waals surface area contributed by atoms with Gasteiger partial charge in [0.15, 0.2) is 0 Å². The van der Waals surface area contributed by atoms with Crippen molar-refractivity contribution in [2.75, 3.05) is 18.0 Å². The summed E-state index contributed by atoms with van der Waals surface area (Å²) in [5, 5.41) is 0. The van der Waals surface area contributed by atoms with Crippen LogP contribution in [-0.2, 0) is 0 Å². The maximum atomic E-state index is 11.2. The molecule has 0 bridgehead atoms. The number of unbranched alkanes of at least 4 members (excludes halogenated alkanes) is 2. The Morgan fingerprint density at radius 3 is 2.38 bits per heavy atom. The minimum Gasteiger partial charge on any atom is -0.356 e. The van der Waals surface area contributed by atoms with Gasteiger partial charge in [0.25, 0.3) is 5.56 Å². The summed E-state index contributed by atoms with van der Waals surface area (Å²) in [7, 11) is 0. The van der Waals surface area contributed by atoms with Crippen LogP contribution in [-0.4, -0.2) is 23.1 Å². The predicted molar refractivity (Wildman–Crippen MR) is 66.9 cm³/mol. The fourth-order valence-electron chi connectivity index (χ4n) is 1.57. The van der Waals surface area contributed by atoms with Gasteiger partial charge in [-0.05, 0) is 12.8 Å². The van der Waals surface area contributed by atoms with Crippen molar-refractivity contribution in [1.29, 1.82) is 0 Å². The standard InChI is InChI=1S/C12H21N3O/c1-3-5-7-15(8-6-4-2)11-9-12(16)14-10-13-11/h9-10H,3-8H2,1-2H3,(H,13,14,16). The molecule has 1 rings (SSSR count). The van der Waals surface area contributed by atoms with Gasteiger partial charge in [-0.15, -0.1) is 0 Å². The molecular formula is C12H21N3O. The molecule has 0 saturated heterocycles. The van der Waals surface area contributed by atoms with Gasteiger partial charge >= 0.3 is 0 Å². The average molecular weight is 223 g/mol. The lowest BCUT2D eigenvalue weighted by Gasteiger charge is -2.22. The number of H-pyrrole nitrogens is 1. The molecular weight excluding hydrogens is 202 g/mol. The van der Waals surface area contributed by atoms with Crippen molar-refractivity contribution in [1.82, 2.24) is 9.97 Å². The normalized spacial score (nSPS) is 10.4. The molecule has 4 heteroatoms. The maximum absolute atomic E-state index is 11.2. The van der Waals surface area contributed by atoms with E-state index in [2.05, 4.69) is 28.7 Å². The summed E-state index contributed by atoms with van der Waals surface area (Å²) in [5.74, 6) is 0.797. The van der Waals surface area contributed by atoms with Gasteiger partial charge in [0, 0.05) is 19.2 Å². The summed E-state index contributed by atoms with van der Waals surface area (Å²) in [5.41, 5.74) is -0.0806. The zero-order chi connectivity index (χ0) is 11.8. The molecule has 1 aromatic rings. The van der Waals surface area contributed by atoms with Gasteiger partial charge in [0.05, 0.1) is 6.33 Å². The zero-order valence-electron chi connectivity index (χ0n) is 10.2. The average Bonchev–Trinajstić information content (AvgIpc) is 2.29. The van der Waals surface area contributed by atoms with Crippen LogP contribution in [0.2, 0.25) is 0 Å². The van der Waals surface area contributed by atoms with Crippen LogP contribution in [0.1, 0.15) is 39.5 Å². The van der Waals surface area contributed by atoms with Crippen LogP contribution in [0.25, 0.3) is 0 Å². The third-order valence-electron chi connectivity index (χ3n) is 2.55. The number of aromatic nitrogens is 2. The second-order valence-electron chi connectivity index (χ2n) is 3.96. The lowest BCUT2D eigenvalue weighted by atomic mass is 10.2. The first kappa shape index (κ1) is 12.7. The number of nitrogens with zero attached hydrogens (tertiary/aromatic N) is 2. The smallest absolute Gasteiger partial charge is 0.252 e. The van der Waals surface area contributed by atoms with Crippen molar-refractivity contribution >= 4 is 5.82 Å². The van der Waals surface area contributed by atoms with E-state index >= 15 is 0 Å². The highest BCUT2D eigenvalue weighted by Crippen LogP contribution is 2.09. The molecule has 0 radical (unpaired) electrons. The molecule has 0 aliphatic heterocycles. The van der Waals surface area contributed by atoms with Crippen LogP contribution in [0, 0.1) is 0 Å². The molecule has 0 amide bonds. The predicted octanol–water partition coefficient (Wildman–Crippen LogP) is 2.18. The van der Waals surface area contributed by atoms with E-state index in [0.717, 1.165) is 44.6 Å². The number of hydrogen-bond acceptors (Lipinski definition) is 3. The molecule has 0 aromatic carbocycles.